The molecule has 0 aromatic heterocycles. The van der Waals surface area contributed by atoms with Crippen LogP contribution in [0.15, 0.2) is 18.2 Å². The number of anilines is 1. The Morgan fingerprint density at radius 3 is 2.62 bits per heavy atom. The summed E-state index contributed by atoms with van der Waals surface area (Å²) in [6.07, 6.45) is 7.60. The Morgan fingerprint density at radius 2 is 1.96 bits per heavy atom. The van der Waals surface area contributed by atoms with Gasteiger partial charge in [0.15, 0.2) is 0 Å². The van der Waals surface area contributed by atoms with E-state index in [1.807, 2.05) is 4.90 Å². The number of likely N-dealkylation sites (tertiary alicyclic amines) is 1. The number of carbonyl (C=O) groups is 1. The van der Waals surface area contributed by atoms with Gasteiger partial charge < -0.3 is 9.80 Å². The Bertz CT molecular complexity index is 631. The van der Waals surface area contributed by atoms with Crippen molar-refractivity contribution in [2.75, 3.05) is 31.1 Å². The highest BCUT2D eigenvalue weighted by Gasteiger charge is 2.46. The second-order valence-electron chi connectivity index (χ2n) is 8.00. The molecule has 0 atom stereocenters. The van der Waals surface area contributed by atoms with Crippen LogP contribution in [0, 0.1) is 11.7 Å². The van der Waals surface area contributed by atoms with Crippen LogP contribution in [0.3, 0.4) is 0 Å². The Hall–Kier alpha value is -1.42. The molecule has 4 rings (SSSR count). The minimum atomic E-state index is -0.188. The number of carbonyl (C=O) groups excluding carboxylic acids is 1. The van der Waals surface area contributed by atoms with Crippen LogP contribution in [-0.4, -0.2) is 37.0 Å². The fraction of sp³-hybridized carbons (Fsp3) is 0.650. The van der Waals surface area contributed by atoms with Gasteiger partial charge in [-0.15, -0.1) is 0 Å². The number of hydrogen-bond acceptors (Lipinski definition) is 2. The topological polar surface area (TPSA) is 23.6 Å². The highest BCUT2D eigenvalue weighted by molar-refractivity contribution is 5.94. The van der Waals surface area contributed by atoms with Crippen molar-refractivity contribution in [2.24, 2.45) is 5.92 Å². The van der Waals surface area contributed by atoms with Crippen LogP contribution in [0.5, 0.6) is 0 Å². The Balaban J connectivity index is 1.52. The van der Waals surface area contributed by atoms with E-state index in [2.05, 4.69) is 4.90 Å². The lowest BCUT2D eigenvalue weighted by molar-refractivity contribution is -0.116. The number of fused-ring (bicyclic) bond motifs is 2. The molecule has 0 unspecified atom stereocenters. The molecule has 0 radical (unpaired) electrons. The Labute approximate surface area is 143 Å². The number of rotatable bonds is 2. The first-order chi connectivity index (χ1) is 11.6. The first kappa shape index (κ1) is 16.1. The van der Waals surface area contributed by atoms with Gasteiger partial charge >= 0.3 is 0 Å². The first-order valence-electron chi connectivity index (χ1n) is 9.38. The summed E-state index contributed by atoms with van der Waals surface area (Å²) >= 11 is 0. The second-order valence-corrected chi connectivity index (χ2v) is 8.00. The standard InChI is InChI=1S/C20H27FN2O/c1-15(24)23-14-20(18-12-17(21)6-7-19(18)23)8-10-22(11-9-20)13-16-4-2-3-5-16/h6-7,12,16H,2-5,8-11,13-14H2,1H3. The molecule has 1 aliphatic carbocycles. The van der Waals surface area contributed by atoms with Crippen molar-refractivity contribution >= 4 is 11.6 Å². The third kappa shape index (κ3) is 2.75. The van der Waals surface area contributed by atoms with E-state index in [1.165, 1.54) is 38.3 Å². The van der Waals surface area contributed by atoms with Crippen molar-refractivity contribution in [1.29, 1.82) is 0 Å². The molecule has 2 aliphatic heterocycles. The molecule has 1 aromatic carbocycles. The number of hydrogen-bond donors (Lipinski definition) is 0. The minimum absolute atomic E-state index is 0.0463. The number of halogens is 1. The number of nitrogens with zero attached hydrogens (tertiary/aromatic N) is 2. The lowest BCUT2D eigenvalue weighted by Crippen LogP contribution is -2.46. The summed E-state index contributed by atoms with van der Waals surface area (Å²) in [7, 11) is 0. The average Bonchev–Trinajstić information content (AvgIpc) is 3.17. The van der Waals surface area contributed by atoms with Gasteiger partial charge in [-0.05, 0) is 68.5 Å². The van der Waals surface area contributed by atoms with E-state index in [0.717, 1.165) is 49.6 Å². The predicted octanol–water partition coefficient (Wildman–Crippen LogP) is 3.72. The molecule has 24 heavy (non-hydrogen) atoms. The van der Waals surface area contributed by atoms with Gasteiger partial charge in [-0.25, -0.2) is 4.39 Å². The normalized spacial score (nSPS) is 23.8. The molecule has 0 bridgehead atoms. The predicted molar refractivity (Wildman–Crippen MR) is 93.7 cm³/mol. The van der Waals surface area contributed by atoms with Crippen LogP contribution in [0.4, 0.5) is 10.1 Å². The van der Waals surface area contributed by atoms with Gasteiger partial charge in [-0.1, -0.05) is 12.8 Å². The summed E-state index contributed by atoms with van der Waals surface area (Å²) in [6, 6.07) is 4.93. The molecule has 1 amide bonds. The molecule has 3 nitrogen and oxygen atoms in total. The van der Waals surface area contributed by atoms with E-state index in [-0.39, 0.29) is 17.1 Å². The van der Waals surface area contributed by atoms with E-state index < -0.39 is 0 Å². The van der Waals surface area contributed by atoms with Crippen LogP contribution in [0.1, 0.15) is 51.0 Å². The summed E-state index contributed by atoms with van der Waals surface area (Å²) in [4.78, 5) is 16.5. The first-order valence-corrected chi connectivity index (χ1v) is 9.38. The van der Waals surface area contributed by atoms with E-state index >= 15 is 0 Å². The maximum absolute atomic E-state index is 13.9. The summed E-state index contributed by atoms with van der Waals surface area (Å²) in [5, 5.41) is 0. The third-order valence-electron chi connectivity index (χ3n) is 6.47. The van der Waals surface area contributed by atoms with Gasteiger partial charge in [0, 0.05) is 31.1 Å². The fourth-order valence-corrected chi connectivity index (χ4v) is 5.07. The van der Waals surface area contributed by atoms with Crippen molar-refractivity contribution < 1.29 is 9.18 Å². The van der Waals surface area contributed by atoms with E-state index in [0.29, 0.717) is 0 Å². The molecule has 4 heteroatoms. The minimum Gasteiger partial charge on any atom is -0.311 e. The Kier molecular flexibility index (Phi) is 4.11. The largest absolute Gasteiger partial charge is 0.311 e. The van der Waals surface area contributed by atoms with E-state index in [4.69, 9.17) is 0 Å². The van der Waals surface area contributed by atoms with Crippen molar-refractivity contribution in [3.63, 3.8) is 0 Å². The molecule has 1 spiro atoms. The van der Waals surface area contributed by atoms with Crippen molar-refractivity contribution in [1.82, 2.24) is 4.90 Å². The van der Waals surface area contributed by atoms with Gasteiger partial charge in [-0.3, -0.25) is 4.79 Å². The van der Waals surface area contributed by atoms with Crippen LogP contribution in [0.2, 0.25) is 0 Å². The zero-order chi connectivity index (χ0) is 16.7. The zero-order valence-corrected chi connectivity index (χ0v) is 14.6. The lowest BCUT2D eigenvalue weighted by atomic mass is 9.74. The molecule has 1 saturated carbocycles. The number of piperidine rings is 1. The Morgan fingerprint density at radius 1 is 1.25 bits per heavy atom. The van der Waals surface area contributed by atoms with Crippen molar-refractivity contribution in [2.45, 2.75) is 50.9 Å². The monoisotopic (exact) mass is 330 g/mol. The molecule has 3 aliphatic rings. The molecule has 130 valence electrons. The molecule has 2 heterocycles. The maximum atomic E-state index is 13.9. The van der Waals surface area contributed by atoms with Crippen LogP contribution >= 0.6 is 0 Å². The summed E-state index contributed by atoms with van der Waals surface area (Å²) in [5.41, 5.74) is 1.93. The summed E-state index contributed by atoms with van der Waals surface area (Å²) < 4.78 is 13.9. The fourth-order valence-electron chi connectivity index (χ4n) is 5.07. The van der Waals surface area contributed by atoms with Gasteiger partial charge in [0.1, 0.15) is 5.82 Å². The smallest absolute Gasteiger partial charge is 0.223 e. The summed E-state index contributed by atoms with van der Waals surface area (Å²) in [5.74, 6) is 0.751. The SMILES string of the molecule is CC(=O)N1CC2(CCN(CC3CCCC3)CC2)c2cc(F)ccc21. The zero-order valence-electron chi connectivity index (χ0n) is 14.6. The van der Waals surface area contributed by atoms with Crippen LogP contribution in [-0.2, 0) is 10.2 Å². The molecule has 1 aromatic rings. The van der Waals surface area contributed by atoms with Gasteiger partial charge in [0.2, 0.25) is 5.91 Å². The van der Waals surface area contributed by atoms with Gasteiger partial charge in [-0.2, -0.15) is 0 Å². The van der Waals surface area contributed by atoms with Gasteiger partial charge in [0.05, 0.1) is 0 Å². The molecule has 1 saturated heterocycles. The van der Waals surface area contributed by atoms with E-state index in [1.54, 1.807) is 19.1 Å². The van der Waals surface area contributed by atoms with Crippen molar-refractivity contribution in [3.8, 4) is 0 Å². The van der Waals surface area contributed by atoms with Crippen LogP contribution < -0.4 is 4.90 Å². The highest BCUT2D eigenvalue weighted by Crippen LogP contribution is 2.47. The number of amides is 1. The van der Waals surface area contributed by atoms with Gasteiger partial charge in [0.25, 0.3) is 0 Å². The molecular weight excluding hydrogens is 303 g/mol. The molecular formula is C20H27FN2O. The quantitative estimate of drug-likeness (QED) is 0.825. The van der Waals surface area contributed by atoms with Crippen LogP contribution in [0.25, 0.3) is 0 Å². The maximum Gasteiger partial charge on any atom is 0.223 e. The van der Waals surface area contributed by atoms with Crippen molar-refractivity contribution in [3.05, 3.63) is 29.6 Å². The number of benzene rings is 1. The third-order valence-corrected chi connectivity index (χ3v) is 6.47. The lowest BCUT2D eigenvalue weighted by Gasteiger charge is -2.40. The second kappa shape index (κ2) is 6.14. The summed E-state index contributed by atoms with van der Waals surface area (Å²) in [6.45, 7) is 5.69. The molecule has 2 fully saturated rings. The van der Waals surface area contributed by atoms with E-state index in [9.17, 15) is 9.18 Å². The average molecular weight is 330 g/mol. The molecule has 0 N–H and O–H groups in total. The highest BCUT2D eigenvalue weighted by atomic mass is 19.1.